The second-order valence-electron chi connectivity index (χ2n) is 5.28. The molecule has 0 atom stereocenters. The van der Waals surface area contributed by atoms with E-state index in [9.17, 15) is 9.59 Å². The summed E-state index contributed by atoms with van der Waals surface area (Å²) in [5.74, 6) is -0.207. The predicted molar refractivity (Wildman–Crippen MR) is 89.0 cm³/mol. The average molecular weight is 312 g/mol. The first-order chi connectivity index (χ1) is 11.0. The van der Waals surface area contributed by atoms with Crippen LogP contribution in [-0.2, 0) is 0 Å². The van der Waals surface area contributed by atoms with Gasteiger partial charge in [-0.3, -0.25) is 4.79 Å². The Hall–Kier alpha value is -3.02. The van der Waals surface area contributed by atoms with E-state index < -0.39 is 11.3 Å². The van der Waals surface area contributed by atoms with Gasteiger partial charge < -0.3 is 14.1 Å². The number of anilines is 1. The average Bonchev–Trinajstić information content (AvgIpc) is 2.54. The van der Waals surface area contributed by atoms with Gasteiger partial charge in [0.2, 0.25) is 0 Å². The van der Waals surface area contributed by atoms with Crippen LogP contribution in [0.4, 0.5) is 5.69 Å². The van der Waals surface area contributed by atoms with E-state index in [4.69, 9.17) is 9.15 Å². The summed E-state index contributed by atoms with van der Waals surface area (Å²) in [6.45, 7) is 0. The topological polar surface area (TPSA) is 64.7 Å². The molecule has 6 heteroatoms. The highest BCUT2D eigenvalue weighted by atomic mass is 16.5. The summed E-state index contributed by atoms with van der Waals surface area (Å²) < 4.78 is 11.4. The molecule has 0 unspecified atom stereocenters. The molecule has 3 aromatic rings. The summed E-state index contributed by atoms with van der Waals surface area (Å²) in [6.07, 6.45) is 0. The van der Waals surface area contributed by atoms with Gasteiger partial charge in [-0.1, -0.05) is 0 Å². The molecule has 118 valence electrons. The van der Waals surface area contributed by atoms with E-state index in [0.29, 0.717) is 16.8 Å². The van der Waals surface area contributed by atoms with Crippen molar-refractivity contribution < 1.29 is 9.15 Å². The predicted octanol–water partition coefficient (Wildman–Crippen LogP) is 2.02. The van der Waals surface area contributed by atoms with Crippen LogP contribution in [-0.4, -0.2) is 25.8 Å². The van der Waals surface area contributed by atoms with Crippen molar-refractivity contribution in [2.75, 3.05) is 26.1 Å². The van der Waals surface area contributed by atoms with Crippen LogP contribution in [0.25, 0.3) is 16.7 Å². The summed E-state index contributed by atoms with van der Waals surface area (Å²) in [7, 11) is 5.34. The lowest BCUT2D eigenvalue weighted by Crippen LogP contribution is -2.30. The van der Waals surface area contributed by atoms with Crippen molar-refractivity contribution >= 4 is 16.7 Å². The molecule has 0 N–H and O–H groups in total. The van der Waals surface area contributed by atoms with Gasteiger partial charge in [-0.15, -0.1) is 0 Å². The molecule has 0 saturated heterocycles. The molecule has 2 aromatic carbocycles. The van der Waals surface area contributed by atoms with Crippen molar-refractivity contribution in [3.63, 3.8) is 0 Å². The number of aromatic nitrogens is 1. The SMILES string of the molecule is COc1ccc2c(=O)n(-c3ccc(N(C)C)cc3)c(=O)oc2c1. The summed E-state index contributed by atoms with van der Waals surface area (Å²) in [5.41, 5.74) is 1.22. The summed E-state index contributed by atoms with van der Waals surface area (Å²) in [4.78, 5) is 26.8. The van der Waals surface area contributed by atoms with Crippen LogP contribution >= 0.6 is 0 Å². The maximum Gasteiger partial charge on any atom is 0.426 e. The largest absolute Gasteiger partial charge is 0.497 e. The number of hydrogen-bond donors (Lipinski definition) is 0. The van der Waals surface area contributed by atoms with Gasteiger partial charge in [-0.2, -0.15) is 0 Å². The Morgan fingerprint density at radius 3 is 2.35 bits per heavy atom. The summed E-state index contributed by atoms with van der Waals surface area (Å²) >= 11 is 0. The molecule has 0 aliphatic heterocycles. The zero-order valence-corrected chi connectivity index (χ0v) is 13.1. The highest BCUT2D eigenvalue weighted by Gasteiger charge is 2.12. The molecule has 0 bridgehead atoms. The molecule has 0 aliphatic rings. The maximum atomic E-state index is 12.6. The van der Waals surface area contributed by atoms with E-state index in [1.54, 1.807) is 24.3 Å². The lowest BCUT2D eigenvalue weighted by atomic mass is 10.2. The molecule has 1 heterocycles. The Labute approximate surface area is 132 Å². The number of hydrogen-bond acceptors (Lipinski definition) is 5. The van der Waals surface area contributed by atoms with E-state index in [1.165, 1.54) is 13.2 Å². The molecule has 0 fully saturated rings. The molecule has 0 saturated carbocycles. The number of fused-ring (bicyclic) bond motifs is 1. The van der Waals surface area contributed by atoms with Crippen LogP contribution in [0.2, 0.25) is 0 Å². The number of methoxy groups -OCH3 is 1. The zero-order chi connectivity index (χ0) is 16.6. The van der Waals surface area contributed by atoms with Crippen molar-refractivity contribution in [1.82, 2.24) is 4.57 Å². The lowest BCUT2D eigenvalue weighted by molar-refractivity contribution is 0.413. The molecule has 0 amide bonds. The van der Waals surface area contributed by atoms with E-state index in [0.717, 1.165) is 10.3 Å². The number of rotatable bonds is 3. The van der Waals surface area contributed by atoms with Gasteiger partial charge in [-0.05, 0) is 36.4 Å². The minimum absolute atomic E-state index is 0.209. The molecule has 0 aliphatic carbocycles. The quantitative estimate of drug-likeness (QED) is 0.740. The normalized spacial score (nSPS) is 10.7. The molecule has 6 nitrogen and oxygen atoms in total. The van der Waals surface area contributed by atoms with Crippen LogP contribution < -0.4 is 21.0 Å². The van der Waals surface area contributed by atoms with E-state index in [2.05, 4.69) is 0 Å². The molecule has 1 aromatic heterocycles. The fourth-order valence-corrected chi connectivity index (χ4v) is 2.36. The minimum Gasteiger partial charge on any atom is -0.497 e. The number of benzene rings is 2. The lowest BCUT2D eigenvalue weighted by Gasteiger charge is -2.13. The van der Waals surface area contributed by atoms with Gasteiger partial charge in [0.15, 0.2) is 0 Å². The Morgan fingerprint density at radius 2 is 1.74 bits per heavy atom. The summed E-state index contributed by atoms with van der Waals surface area (Å²) in [6, 6.07) is 11.9. The first kappa shape index (κ1) is 14.9. The first-order valence-electron chi connectivity index (χ1n) is 7.03. The van der Waals surface area contributed by atoms with Crippen LogP contribution in [0.5, 0.6) is 5.75 Å². The molecule has 3 rings (SSSR count). The Morgan fingerprint density at radius 1 is 1.04 bits per heavy atom. The second-order valence-corrected chi connectivity index (χ2v) is 5.28. The standard InChI is InChI=1S/C17H16N2O4/c1-18(2)11-4-6-12(7-5-11)19-16(20)14-9-8-13(22-3)10-15(14)23-17(19)21/h4-10H,1-3H3. The van der Waals surface area contributed by atoms with Gasteiger partial charge in [-0.25, -0.2) is 9.36 Å². The monoisotopic (exact) mass is 312 g/mol. The number of ether oxygens (including phenoxy) is 1. The molecular formula is C17H16N2O4. The fourth-order valence-electron chi connectivity index (χ4n) is 2.36. The van der Waals surface area contributed by atoms with E-state index in [1.807, 2.05) is 31.1 Å². The van der Waals surface area contributed by atoms with Gasteiger partial charge >= 0.3 is 5.76 Å². The third kappa shape index (κ3) is 2.59. The number of nitrogens with zero attached hydrogens (tertiary/aromatic N) is 2. The van der Waals surface area contributed by atoms with Crippen LogP contribution in [0.3, 0.4) is 0 Å². The zero-order valence-electron chi connectivity index (χ0n) is 13.1. The van der Waals surface area contributed by atoms with E-state index >= 15 is 0 Å². The van der Waals surface area contributed by atoms with Crippen molar-refractivity contribution in [2.24, 2.45) is 0 Å². The van der Waals surface area contributed by atoms with E-state index in [-0.39, 0.29) is 5.58 Å². The Kier molecular flexibility index (Phi) is 3.65. The Bertz CT molecular complexity index is 969. The molecule has 0 spiro atoms. The van der Waals surface area contributed by atoms with Gasteiger partial charge in [0.25, 0.3) is 5.56 Å². The Balaban J connectivity index is 2.22. The smallest absolute Gasteiger partial charge is 0.426 e. The molecule has 0 radical (unpaired) electrons. The third-order valence-corrected chi connectivity index (χ3v) is 3.63. The van der Waals surface area contributed by atoms with Gasteiger partial charge in [0.05, 0.1) is 18.2 Å². The van der Waals surface area contributed by atoms with Crippen molar-refractivity contribution in [1.29, 1.82) is 0 Å². The third-order valence-electron chi connectivity index (χ3n) is 3.63. The van der Waals surface area contributed by atoms with Gasteiger partial charge in [0, 0.05) is 25.8 Å². The summed E-state index contributed by atoms with van der Waals surface area (Å²) in [5, 5.41) is 0.321. The highest BCUT2D eigenvalue weighted by Crippen LogP contribution is 2.18. The first-order valence-corrected chi connectivity index (χ1v) is 7.03. The second kappa shape index (κ2) is 5.64. The fraction of sp³-hybridized carbons (Fsp3) is 0.176. The van der Waals surface area contributed by atoms with Crippen LogP contribution in [0.15, 0.2) is 56.5 Å². The van der Waals surface area contributed by atoms with Crippen LogP contribution in [0, 0.1) is 0 Å². The molecule has 23 heavy (non-hydrogen) atoms. The molecular weight excluding hydrogens is 296 g/mol. The van der Waals surface area contributed by atoms with Crippen molar-refractivity contribution in [3.05, 3.63) is 63.4 Å². The minimum atomic E-state index is -0.728. The van der Waals surface area contributed by atoms with Gasteiger partial charge in [0.1, 0.15) is 11.3 Å². The highest BCUT2D eigenvalue weighted by molar-refractivity contribution is 5.77. The maximum absolute atomic E-state index is 12.6. The van der Waals surface area contributed by atoms with Crippen molar-refractivity contribution in [3.8, 4) is 11.4 Å². The van der Waals surface area contributed by atoms with Crippen molar-refractivity contribution in [2.45, 2.75) is 0 Å². The van der Waals surface area contributed by atoms with Crippen LogP contribution in [0.1, 0.15) is 0 Å².